The molecule has 1 unspecified atom stereocenters. The third-order valence-electron chi connectivity index (χ3n) is 3.32. The summed E-state index contributed by atoms with van der Waals surface area (Å²) in [6.07, 6.45) is 5.61. The maximum atomic E-state index is 11.9. The van der Waals surface area contributed by atoms with Crippen LogP contribution in [0.15, 0.2) is 17.1 Å². The van der Waals surface area contributed by atoms with Gasteiger partial charge in [0.05, 0.1) is 11.9 Å². The van der Waals surface area contributed by atoms with Gasteiger partial charge in [0.15, 0.2) is 0 Å². The van der Waals surface area contributed by atoms with Crippen molar-refractivity contribution in [2.75, 3.05) is 18.5 Å². The molecule has 0 aliphatic heterocycles. The lowest BCUT2D eigenvalue weighted by atomic mass is 10.1. The van der Waals surface area contributed by atoms with E-state index in [0.29, 0.717) is 6.54 Å². The highest BCUT2D eigenvalue weighted by Crippen LogP contribution is 2.07. The highest BCUT2D eigenvalue weighted by atomic mass is 16.1. The van der Waals surface area contributed by atoms with Crippen molar-refractivity contribution in [3.63, 3.8) is 0 Å². The molecule has 0 saturated carbocycles. The standard InChI is InChI=1S/C14H26N4O/c1-4-8-17(3)13-10-14(19)18(16-11-13)9-6-7-12(15)5-2/h10-12H,4-9,15H2,1-3H3. The third kappa shape index (κ3) is 5.03. The predicted molar refractivity (Wildman–Crippen MR) is 79.6 cm³/mol. The Bertz CT molecular complexity index is 430. The molecular formula is C14H26N4O. The third-order valence-corrected chi connectivity index (χ3v) is 3.32. The average Bonchev–Trinajstić information content (AvgIpc) is 2.40. The summed E-state index contributed by atoms with van der Waals surface area (Å²) in [6.45, 7) is 5.76. The Labute approximate surface area is 115 Å². The zero-order valence-electron chi connectivity index (χ0n) is 12.3. The number of aryl methyl sites for hydroxylation is 1. The van der Waals surface area contributed by atoms with Gasteiger partial charge >= 0.3 is 0 Å². The van der Waals surface area contributed by atoms with Gasteiger partial charge in [0.2, 0.25) is 0 Å². The van der Waals surface area contributed by atoms with Crippen LogP contribution in [0.1, 0.15) is 39.5 Å². The summed E-state index contributed by atoms with van der Waals surface area (Å²) in [7, 11) is 1.98. The van der Waals surface area contributed by atoms with Gasteiger partial charge in [0, 0.05) is 32.2 Å². The first-order chi connectivity index (χ1) is 9.08. The van der Waals surface area contributed by atoms with E-state index < -0.39 is 0 Å². The molecule has 1 aromatic heterocycles. The van der Waals surface area contributed by atoms with Crippen molar-refractivity contribution >= 4 is 5.69 Å². The van der Waals surface area contributed by atoms with Crippen LogP contribution < -0.4 is 16.2 Å². The van der Waals surface area contributed by atoms with Gasteiger partial charge in [-0.15, -0.1) is 0 Å². The number of hydrogen-bond donors (Lipinski definition) is 1. The molecule has 1 rings (SSSR count). The Morgan fingerprint density at radius 2 is 2.21 bits per heavy atom. The van der Waals surface area contributed by atoms with Crippen LogP contribution >= 0.6 is 0 Å². The zero-order chi connectivity index (χ0) is 14.3. The van der Waals surface area contributed by atoms with Crippen molar-refractivity contribution in [3.05, 3.63) is 22.6 Å². The Balaban J connectivity index is 2.60. The Kier molecular flexibility index (Phi) is 6.56. The van der Waals surface area contributed by atoms with Gasteiger partial charge in [0.25, 0.3) is 5.56 Å². The Morgan fingerprint density at radius 1 is 1.47 bits per heavy atom. The second-order valence-corrected chi connectivity index (χ2v) is 5.01. The molecule has 0 aromatic carbocycles. The molecule has 2 N–H and O–H groups in total. The molecule has 0 saturated heterocycles. The van der Waals surface area contributed by atoms with Gasteiger partial charge in [-0.25, -0.2) is 4.68 Å². The van der Waals surface area contributed by atoms with Crippen molar-refractivity contribution in [2.24, 2.45) is 5.73 Å². The van der Waals surface area contributed by atoms with Crippen LogP contribution in [-0.2, 0) is 6.54 Å². The highest BCUT2D eigenvalue weighted by Gasteiger charge is 2.05. The first-order valence-electron chi connectivity index (χ1n) is 7.12. The molecule has 0 aliphatic rings. The van der Waals surface area contributed by atoms with E-state index in [0.717, 1.165) is 37.9 Å². The Morgan fingerprint density at radius 3 is 2.79 bits per heavy atom. The first kappa shape index (κ1) is 15.7. The van der Waals surface area contributed by atoms with Gasteiger partial charge in [0.1, 0.15) is 0 Å². The van der Waals surface area contributed by atoms with Crippen molar-refractivity contribution in [2.45, 2.75) is 52.1 Å². The molecule has 0 radical (unpaired) electrons. The van der Waals surface area contributed by atoms with Gasteiger partial charge < -0.3 is 10.6 Å². The lowest BCUT2D eigenvalue weighted by Gasteiger charge is -2.18. The summed E-state index contributed by atoms with van der Waals surface area (Å²) >= 11 is 0. The normalized spacial score (nSPS) is 12.4. The van der Waals surface area contributed by atoms with Crippen molar-refractivity contribution in [1.29, 1.82) is 0 Å². The van der Waals surface area contributed by atoms with Crippen LogP contribution in [0.5, 0.6) is 0 Å². The molecule has 0 amide bonds. The van der Waals surface area contributed by atoms with E-state index in [-0.39, 0.29) is 11.6 Å². The van der Waals surface area contributed by atoms with Crippen molar-refractivity contribution in [3.8, 4) is 0 Å². The number of anilines is 1. The minimum absolute atomic E-state index is 0.0366. The van der Waals surface area contributed by atoms with Crippen LogP contribution in [0.2, 0.25) is 0 Å². The molecule has 0 aliphatic carbocycles. The number of rotatable bonds is 8. The molecule has 1 heterocycles. The minimum Gasteiger partial charge on any atom is -0.373 e. The summed E-state index contributed by atoms with van der Waals surface area (Å²) in [5, 5.41) is 4.23. The lowest BCUT2D eigenvalue weighted by Crippen LogP contribution is -2.27. The van der Waals surface area contributed by atoms with E-state index in [1.165, 1.54) is 4.68 Å². The molecule has 1 atom stereocenters. The predicted octanol–water partition coefficient (Wildman–Crippen LogP) is 1.61. The minimum atomic E-state index is -0.0366. The molecule has 5 nitrogen and oxygen atoms in total. The van der Waals surface area contributed by atoms with E-state index in [1.54, 1.807) is 12.3 Å². The van der Waals surface area contributed by atoms with E-state index in [1.807, 2.05) is 11.9 Å². The summed E-state index contributed by atoms with van der Waals surface area (Å²) in [6, 6.07) is 1.88. The molecule has 108 valence electrons. The van der Waals surface area contributed by atoms with Gasteiger partial charge in [-0.3, -0.25) is 4.79 Å². The molecule has 1 aromatic rings. The number of nitrogens with two attached hydrogens (primary N) is 1. The van der Waals surface area contributed by atoms with Gasteiger partial charge in [-0.05, 0) is 25.7 Å². The van der Waals surface area contributed by atoms with Crippen LogP contribution in [0, 0.1) is 0 Å². The van der Waals surface area contributed by atoms with Crippen molar-refractivity contribution < 1.29 is 0 Å². The second kappa shape index (κ2) is 7.94. The molecule has 19 heavy (non-hydrogen) atoms. The summed E-state index contributed by atoms with van der Waals surface area (Å²) in [5.74, 6) is 0. The summed E-state index contributed by atoms with van der Waals surface area (Å²) < 4.78 is 1.52. The van der Waals surface area contributed by atoms with Gasteiger partial charge in [-0.1, -0.05) is 13.8 Å². The number of hydrogen-bond acceptors (Lipinski definition) is 4. The van der Waals surface area contributed by atoms with E-state index in [9.17, 15) is 4.79 Å². The molecule has 0 fully saturated rings. The fraction of sp³-hybridized carbons (Fsp3) is 0.714. The van der Waals surface area contributed by atoms with E-state index in [2.05, 4.69) is 18.9 Å². The second-order valence-electron chi connectivity index (χ2n) is 5.01. The smallest absolute Gasteiger partial charge is 0.268 e. The lowest BCUT2D eigenvalue weighted by molar-refractivity contribution is 0.487. The fourth-order valence-corrected chi connectivity index (χ4v) is 1.97. The molecular weight excluding hydrogens is 240 g/mol. The first-order valence-corrected chi connectivity index (χ1v) is 7.12. The van der Waals surface area contributed by atoms with Crippen LogP contribution in [0.25, 0.3) is 0 Å². The number of aromatic nitrogens is 2. The summed E-state index contributed by atoms with van der Waals surface area (Å²) in [4.78, 5) is 14.0. The summed E-state index contributed by atoms with van der Waals surface area (Å²) in [5.41, 5.74) is 6.70. The van der Waals surface area contributed by atoms with E-state index >= 15 is 0 Å². The maximum absolute atomic E-state index is 11.9. The molecule has 5 heteroatoms. The van der Waals surface area contributed by atoms with Crippen LogP contribution in [-0.4, -0.2) is 29.4 Å². The van der Waals surface area contributed by atoms with Crippen LogP contribution in [0.3, 0.4) is 0 Å². The maximum Gasteiger partial charge on any atom is 0.268 e. The van der Waals surface area contributed by atoms with Crippen molar-refractivity contribution in [1.82, 2.24) is 9.78 Å². The SMILES string of the molecule is CCCN(C)c1cnn(CCCC(N)CC)c(=O)c1. The monoisotopic (exact) mass is 266 g/mol. The average molecular weight is 266 g/mol. The quantitative estimate of drug-likeness (QED) is 0.776. The van der Waals surface area contributed by atoms with Gasteiger partial charge in [-0.2, -0.15) is 5.10 Å². The Hall–Kier alpha value is -1.36. The largest absolute Gasteiger partial charge is 0.373 e. The van der Waals surface area contributed by atoms with Crippen LogP contribution in [0.4, 0.5) is 5.69 Å². The van der Waals surface area contributed by atoms with E-state index in [4.69, 9.17) is 5.73 Å². The highest BCUT2D eigenvalue weighted by molar-refractivity contribution is 5.41. The fourth-order valence-electron chi connectivity index (χ4n) is 1.97. The zero-order valence-corrected chi connectivity index (χ0v) is 12.3. The topological polar surface area (TPSA) is 64.2 Å². The molecule has 0 bridgehead atoms. The molecule has 0 spiro atoms. The number of nitrogens with zero attached hydrogens (tertiary/aromatic N) is 3.